The third-order valence-corrected chi connectivity index (χ3v) is 2.68. The zero-order valence-electron chi connectivity index (χ0n) is 10.7. The van der Waals surface area contributed by atoms with E-state index in [-0.39, 0.29) is 16.9 Å². The molecule has 4 N–H and O–H groups in total. The lowest BCUT2D eigenvalue weighted by atomic mass is 10.1. The number of amides is 2. The second kappa shape index (κ2) is 5.83. The van der Waals surface area contributed by atoms with E-state index in [2.05, 4.69) is 10.3 Å². The Morgan fingerprint density at radius 1 is 1.00 bits per heavy atom. The van der Waals surface area contributed by atoms with Crippen LogP contribution >= 0.6 is 0 Å². The van der Waals surface area contributed by atoms with Gasteiger partial charge in [0.1, 0.15) is 5.82 Å². The molecule has 0 aliphatic rings. The summed E-state index contributed by atoms with van der Waals surface area (Å²) in [4.78, 5) is 37.6. The Morgan fingerprint density at radius 2 is 1.62 bits per heavy atom. The lowest BCUT2D eigenvalue weighted by Crippen LogP contribution is -2.15. The third kappa shape index (κ3) is 3.41. The Kier molecular flexibility index (Phi) is 3.94. The predicted molar refractivity (Wildman–Crippen MR) is 74.1 cm³/mol. The fraction of sp³-hybridized carbons (Fsp3) is 0. The summed E-state index contributed by atoms with van der Waals surface area (Å²) in [7, 11) is 0. The molecular formula is C14H11N3O4. The molecule has 0 unspecified atom stereocenters. The number of hydrogen-bond donors (Lipinski definition) is 3. The van der Waals surface area contributed by atoms with Crippen LogP contribution in [0.15, 0.2) is 42.6 Å². The standard InChI is InChI=1S/C14H11N3O4/c15-12(18)8-1-3-9(4-2-8)13(19)17-11-7-10(14(20)21)5-6-16-11/h1-7H,(H2,15,18)(H,20,21)(H,16,17,19). The minimum absolute atomic E-state index is 0.0179. The minimum Gasteiger partial charge on any atom is -0.478 e. The van der Waals surface area contributed by atoms with Crippen LogP contribution in [0.2, 0.25) is 0 Å². The number of nitrogens with zero attached hydrogens (tertiary/aromatic N) is 1. The highest BCUT2D eigenvalue weighted by Crippen LogP contribution is 2.10. The van der Waals surface area contributed by atoms with Gasteiger partial charge < -0.3 is 16.2 Å². The number of rotatable bonds is 4. The highest BCUT2D eigenvalue weighted by Gasteiger charge is 2.10. The predicted octanol–water partition coefficient (Wildman–Crippen LogP) is 1.13. The fourth-order valence-electron chi connectivity index (χ4n) is 1.61. The molecule has 0 spiro atoms. The number of aromatic nitrogens is 1. The molecular weight excluding hydrogens is 274 g/mol. The summed E-state index contributed by atoms with van der Waals surface area (Å²) in [5.41, 5.74) is 5.70. The van der Waals surface area contributed by atoms with Gasteiger partial charge in [-0.05, 0) is 36.4 Å². The maximum atomic E-state index is 12.0. The molecule has 0 atom stereocenters. The summed E-state index contributed by atoms with van der Waals surface area (Å²) >= 11 is 0. The molecule has 21 heavy (non-hydrogen) atoms. The number of pyridine rings is 1. The summed E-state index contributed by atoms with van der Waals surface area (Å²) in [6.07, 6.45) is 1.29. The molecule has 2 amide bonds. The highest BCUT2D eigenvalue weighted by atomic mass is 16.4. The molecule has 0 saturated carbocycles. The van der Waals surface area contributed by atoms with Crippen molar-refractivity contribution < 1.29 is 19.5 Å². The van der Waals surface area contributed by atoms with Crippen molar-refractivity contribution in [2.24, 2.45) is 5.73 Å². The number of hydrogen-bond acceptors (Lipinski definition) is 4. The van der Waals surface area contributed by atoms with Gasteiger partial charge in [0.15, 0.2) is 0 Å². The first-order chi connectivity index (χ1) is 9.97. The normalized spacial score (nSPS) is 9.90. The van der Waals surface area contributed by atoms with Crippen LogP contribution in [0.25, 0.3) is 0 Å². The second-order valence-corrected chi connectivity index (χ2v) is 4.13. The Hall–Kier alpha value is -3.22. The molecule has 2 rings (SSSR count). The molecule has 1 aromatic carbocycles. The summed E-state index contributed by atoms with van der Waals surface area (Å²) in [6.45, 7) is 0. The van der Waals surface area contributed by atoms with Crippen LogP contribution in [0.3, 0.4) is 0 Å². The first-order valence-electron chi connectivity index (χ1n) is 5.88. The monoisotopic (exact) mass is 285 g/mol. The smallest absolute Gasteiger partial charge is 0.335 e. The molecule has 7 nitrogen and oxygen atoms in total. The summed E-state index contributed by atoms with van der Waals surface area (Å²) in [6, 6.07) is 8.31. The number of nitrogens with one attached hydrogen (secondary N) is 1. The topological polar surface area (TPSA) is 122 Å². The molecule has 0 aliphatic carbocycles. The summed E-state index contributed by atoms with van der Waals surface area (Å²) in [5.74, 6) is -2.04. The zero-order chi connectivity index (χ0) is 15.4. The second-order valence-electron chi connectivity index (χ2n) is 4.13. The van der Waals surface area contributed by atoms with Crippen molar-refractivity contribution in [1.82, 2.24) is 4.98 Å². The average Bonchev–Trinajstić information content (AvgIpc) is 2.47. The van der Waals surface area contributed by atoms with Crippen LogP contribution in [-0.4, -0.2) is 27.9 Å². The number of anilines is 1. The SMILES string of the molecule is NC(=O)c1ccc(C(=O)Nc2cc(C(=O)O)ccn2)cc1. The highest BCUT2D eigenvalue weighted by molar-refractivity contribution is 6.05. The molecule has 1 heterocycles. The lowest BCUT2D eigenvalue weighted by Gasteiger charge is -2.05. The van der Waals surface area contributed by atoms with Crippen molar-refractivity contribution in [3.8, 4) is 0 Å². The van der Waals surface area contributed by atoms with Crippen LogP contribution in [-0.2, 0) is 0 Å². The van der Waals surface area contributed by atoms with Crippen molar-refractivity contribution in [3.63, 3.8) is 0 Å². The Bertz CT molecular complexity index is 710. The molecule has 0 fully saturated rings. The van der Waals surface area contributed by atoms with Crippen molar-refractivity contribution in [2.45, 2.75) is 0 Å². The summed E-state index contributed by atoms with van der Waals surface area (Å²) < 4.78 is 0. The first kappa shape index (κ1) is 14.2. The van der Waals surface area contributed by atoms with Gasteiger partial charge in [0, 0.05) is 17.3 Å². The minimum atomic E-state index is -1.11. The molecule has 0 bridgehead atoms. The number of carboxylic acid groups (broad SMARTS) is 1. The number of nitrogens with two attached hydrogens (primary N) is 1. The van der Waals surface area contributed by atoms with Gasteiger partial charge in [0.25, 0.3) is 5.91 Å². The van der Waals surface area contributed by atoms with Crippen molar-refractivity contribution in [1.29, 1.82) is 0 Å². The lowest BCUT2D eigenvalue weighted by molar-refractivity contribution is 0.0696. The van der Waals surface area contributed by atoms with Crippen LogP contribution in [0, 0.1) is 0 Å². The van der Waals surface area contributed by atoms with Crippen LogP contribution in [0.1, 0.15) is 31.1 Å². The van der Waals surface area contributed by atoms with E-state index < -0.39 is 17.8 Å². The van der Waals surface area contributed by atoms with Gasteiger partial charge in [-0.25, -0.2) is 9.78 Å². The van der Waals surface area contributed by atoms with Gasteiger partial charge in [-0.1, -0.05) is 0 Å². The molecule has 7 heteroatoms. The van der Waals surface area contributed by atoms with E-state index in [1.54, 1.807) is 0 Å². The summed E-state index contributed by atoms with van der Waals surface area (Å²) in [5, 5.41) is 11.3. The maximum absolute atomic E-state index is 12.0. The third-order valence-electron chi connectivity index (χ3n) is 2.68. The number of carboxylic acids is 1. The number of carbonyl (C=O) groups is 3. The number of benzene rings is 1. The van der Waals surface area contributed by atoms with Gasteiger partial charge in [0.2, 0.25) is 5.91 Å². The largest absolute Gasteiger partial charge is 0.478 e. The quantitative estimate of drug-likeness (QED) is 0.777. The van der Waals surface area contributed by atoms with E-state index in [0.29, 0.717) is 5.56 Å². The molecule has 0 radical (unpaired) electrons. The molecule has 1 aromatic heterocycles. The number of primary amides is 1. The van der Waals surface area contributed by atoms with Crippen LogP contribution in [0.5, 0.6) is 0 Å². The van der Waals surface area contributed by atoms with Gasteiger partial charge in [0.05, 0.1) is 5.56 Å². The van der Waals surface area contributed by atoms with Gasteiger partial charge in [-0.15, -0.1) is 0 Å². The van der Waals surface area contributed by atoms with Crippen LogP contribution in [0.4, 0.5) is 5.82 Å². The van der Waals surface area contributed by atoms with E-state index in [4.69, 9.17) is 10.8 Å². The van der Waals surface area contributed by atoms with Gasteiger partial charge in [-0.2, -0.15) is 0 Å². The molecule has 0 saturated heterocycles. The van der Waals surface area contributed by atoms with Gasteiger partial charge >= 0.3 is 5.97 Å². The van der Waals surface area contributed by atoms with Crippen molar-refractivity contribution in [2.75, 3.05) is 5.32 Å². The number of aromatic carboxylic acids is 1. The number of carbonyl (C=O) groups excluding carboxylic acids is 2. The van der Waals surface area contributed by atoms with Crippen molar-refractivity contribution >= 4 is 23.6 Å². The van der Waals surface area contributed by atoms with E-state index >= 15 is 0 Å². The zero-order valence-corrected chi connectivity index (χ0v) is 10.7. The Balaban J connectivity index is 2.16. The van der Waals surface area contributed by atoms with Crippen molar-refractivity contribution in [3.05, 3.63) is 59.3 Å². The Morgan fingerprint density at radius 3 is 2.19 bits per heavy atom. The molecule has 2 aromatic rings. The average molecular weight is 285 g/mol. The van der Waals surface area contributed by atoms with E-state index in [1.807, 2.05) is 0 Å². The molecule has 0 aliphatic heterocycles. The van der Waals surface area contributed by atoms with Crippen LogP contribution < -0.4 is 11.1 Å². The van der Waals surface area contributed by atoms with Gasteiger partial charge in [-0.3, -0.25) is 9.59 Å². The first-order valence-corrected chi connectivity index (χ1v) is 5.88. The molecule has 106 valence electrons. The van der Waals surface area contributed by atoms with E-state index in [9.17, 15) is 14.4 Å². The Labute approximate surface area is 119 Å². The fourth-order valence-corrected chi connectivity index (χ4v) is 1.61. The maximum Gasteiger partial charge on any atom is 0.335 e. The van der Waals surface area contributed by atoms with E-state index in [0.717, 1.165) is 0 Å². The van der Waals surface area contributed by atoms with E-state index in [1.165, 1.54) is 42.6 Å².